The number of ether oxygens (including phenoxy) is 5. The third-order valence-corrected chi connectivity index (χ3v) is 5.05. The second-order valence-electron chi connectivity index (χ2n) is 7.84. The zero-order valence-electron chi connectivity index (χ0n) is 17.2. The Morgan fingerprint density at radius 1 is 0.968 bits per heavy atom. The Bertz CT molecular complexity index is 914. The molecule has 2 aliphatic heterocycles. The molecule has 4 rings (SSSR count). The normalized spacial score (nSPS) is 27.3. The lowest BCUT2D eigenvalue weighted by atomic mass is 10.1. The molecule has 31 heavy (non-hydrogen) atoms. The number of rotatable bonds is 6. The summed E-state index contributed by atoms with van der Waals surface area (Å²) in [5.41, 5.74) is 0.715. The quantitative estimate of drug-likeness (QED) is 0.700. The summed E-state index contributed by atoms with van der Waals surface area (Å²) in [6.07, 6.45) is -4.77. The lowest BCUT2D eigenvalue weighted by Crippen LogP contribution is -2.45. The molecule has 0 aliphatic carbocycles. The molecule has 0 saturated carbocycles. The highest BCUT2D eigenvalue weighted by molar-refractivity contribution is 5.89. The minimum atomic E-state index is -1.26. The van der Waals surface area contributed by atoms with E-state index in [1.807, 2.05) is 0 Å². The fourth-order valence-corrected chi connectivity index (χ4v) is 3.63. The van der Waals surface area contributed by atoms with Crippen molar-refractivity contribution in [3.8, 4) is 0 Å². The highest BCUT2D eigenvalue weighted by atomic mass is 16.8. The molecule has 164 valence electrons. The number of hydrogen-bond acceptors (Lipinski definition) is 8. The SMILES string of the molecule is CC1(C)O[C@H]2O[C@@H](C(O)COC(=O)c3ccccc3)[C@@H](OC(=O)c3ccccc3)[C@@H]2O1. The zero-order valence-corrected chi connectivity index (χ0v) is 17.2. The molecule has 1 unspecified atom stereocenters. The average Bonchev–Trinajstić information content (AvgIpc) is 3.25. The molecule has 0 bridgehead atoms. The fourth-order valence-electron chi connectivity index (χ4n) is 3.63. The van der Waals surface area contributed by atoms with E-state index in [2.05, 4.69) is 0 Å². The Morgan fingerprint density at radius 2 is 1.55 bits per heavy atom. The zero-order chi connectivity index (χ0) is 22.0. The van der Waals surface area contributed by atoms with Crippen molar-refractivity contribution >= 4 is 11.9 Å². The maximum Gasteiger partial charge on any atom is 0.338 e. The van der Waals surface area contributed by atoms with E-state index in [9.17, 15) is 14.7 Å². The molecule has 1 N–H and O–H groups in total. The van der Waals surface area contributed by atoms with Crippen LogP contribution < -0.4 is 0 Å². The van der Waals surface area contributed by atoms with Gasteiger partial charge in [0, 0.05) is 0 Å². The van der Waals surface area contributed by atoms with Gasteiger partial charge in [-0.15, -0.1) is 0 Å². The molecule has 8 heteroatoms. The maximum atomic E-state index is 12.6. The van der Waals surface area contributed by atoms with Crippen molar-refractivity contribution in [2.24, 2.45) is 0 Å². The number of benzene rings is 2. The summed E-state index contributed by atoms with van der Waals surface area (Å²) >= 11 is 0. The van der Waals surface area contributed by atoms with E-state index < -0.39 is 48.4 Å². The van der Waals surface area contributed by atoms with Gasteiger partial charge in [-0.1, -0.05) is 36.4 Å². The van der Waals surface area contributed by atoms with Gasteiger partial charge in [-0.25, -0.2) is 9.59 Å². The van der Waals surface area contributed by atoms with Crippen LogP contribution in [0.5, 0.6) is 0 Å². The third-order valence-electron chi connectivity index (χ3n) is 5.05. The fraction of sp³-hybridized carbons (Fsp3) is 0.391. The van der Waals surface area contributed by atoms with Crippen molar-refractivity contribution in [1.82, 2.24) is 0 Å². The van der Waals surface area contributed by atoms with Gasteiger partial charge in [0.15, 0.2) is 24.3 Å². The van der Waals surface area contributed by atoms with Gasteiger partial charge in [0.05, 0.1) is 11.1 Å². The second-order valence-corrected chi connectivity index (χ2v) is 7.84. The van der Waals surface area contributed by atoms with Crippen molar-refractivity contribution < 1.29 is 38.4 Å². The first-order valence-corrected chi connectivity index (χ1v) is 10.0. The average molecular weight is 428 g/mol. The molecule has 2 fully saturated rings. The first-order chi connectivity index (χ1) is 14.8. The van der Waals surface area contributed by atoms with Crippen LogP contribution in [0.3, 0.4) is 0 Å². The van der Waals surface area contributed by atoms with E-state index in [4.69, 9.17) is 23.7 Å². The van der Waals surface area contributed by atoms with E-state index >= 15 is 0 Å². The predicted octanol–water partition coefficient (Wildman–Crippen LogP) is 2.31. The van der Waals surface area contributed by atoms with Crippen LogP contribution in [0.25, 0.3) is 0 Å². The molecule has 8 nitrogen and oxygen atoms in total. The van der Waals surface area contributed by atoms with Crippen molar-refractivity contribution in [3.63, 3.8) is 0 Å². The summed E-state index contributed by atoms with van der Waals surface area (Å²) < 4.78 is 28.2. The molecule has 0 radical (unpaired) electrons. The van der Waals surface area contributed by atoms with Crippen molar-refractivity contribution in [2.45, 2.75) is 50.3 Å². The van der Waals surface area contributed by atoms with E-state index in [-0.39, 0.29) is 6.61 Å². The minimum Gasteiger partial charge on any atom is -0.459 e. The predicted molar refractivity (Wildman–Crippen MR) is 107 cm³/mol. The van der Waals surface area contributed by atoms with E-state index in [0.29, 0.717) is 11.1 Å². The Morgan fingerprint density at radius 3 is 2.16 bits per heavy atom. The van der Waals surface area contributed by atoms with Crippen molar-refractivity contribution in [2.75, 3.05) is 6.61 Å². The van der Waals surface area contributed by atoms with Crippen LogP contribution in [0, 0.1) is 0 Å². The topological polar surface area (TPSA) is 101 Å². The van der Waals surface area contributed by atoms with Crippen molar-refractivity contribution in [1.29, 1.82) is 0 Å². The van der Waals surface area contributed by atoms with E-state index in [1.165, 1.54) is 0 Å². The molecular weight excluding hydrogens is 404 g/mol. The van der Waals surface area contributed by atoms with Gasteiger partial charge in [-0.3, -0.25) is 0 Å². The van der Waals surface area contributed by atoms with Crippen LogP contribution >= 0.6 is 0 Å². The third kappa shape index (κ3) is 4.77. The van der Waals surface area contributed by atoms with E-state index in [1.54, 1.807) is 74.5 Å². The number of hydrogen-bond donors (Lipinski definition) is 1. The Labute approximate surface area is 179 Å². The van der Waals surface area contributed by atoms with Gasteiger partial charge in [0.1, 0.15) is 18.8 Å². The van der Waals surface area contributed by atoms with Crippen LogP contribution in [-0.4, -0.2) is 60.1 Å². The summed E-state index contributed by atoms with van der Waals surface area (Å²) in [6, 6.07) is 16.9. The Hall–Kier alpha value is -2.78. The van der Waals surface area contributed by atoms with Crippen LogP contribution in [-0.2, 0) is 23.7 Å². The minimum absolute atomic E-state index is 0.347. The van der Waals surface area contributed by atoms with Crippen LogP contribution in [0.15, 0.2) is 60.7 Å². The number of carbonyl (C=O) groups is 2. The summed E-state index contributed by atoms with van der Waals surface area (Å²) in [6.45, 7) is 3.09. The lowest BCUT2D eigenvalue weighted by molar-refractivity contribution is -0.227. The lowest BCUT2D eigenvalue weighted by Gasteiger charge is -2.28. The summed E-state index contributed by atoms with van der Waals surface area (Å²) in [5, 5.41) is 10.7. The standard InChI is InChI=1S/C23H24O8/c1-23(2)30-19-18(28-21(26)15-11-7-4-8-12-15)17(29-22(19)31-23)16(24)13-27-20(25)14-9-5-3-6-10-14/h3-12,16-19,22,24H,13H2,1-2H3/t16?,17-,18+,19-,22+/m0/s1. The van der Waals surface area contributed by atoms with Gasteiger partial charge in [0.2, 0.25) is 0 Å². The van der Waals surface area contributed by atoms with E-state index in [0.717, 1.165) is 0 Å². The number of aliphatic hydroxyl groups is 1. The first kappa shape index (κ1) is 21.5. The van der Waals surface area contributed by atoms with Gasteiger partial charge in [-0.2, -0.15) is 0 Å². The summed E-state index contributed by atoms with van der Waals surface area (Å²) in [4.78, 5) is 24.8. The Kier molecular flexibility index (Phi) is 6.06. The molecule has 0 spiro atoms. The van der Waals surface area contributed by atoms with Gasteiger partial charge < -0.3 is 28.8 Å². The molecule has 2 aromatic carbocycles. The highest BCUT2D eigenvalue weighted by Gasteiger charge is 2.58. The molecule has 5 atom stereocenters. The van der Waals surface area contributed by atoms with Gasteiger partial charge >= 0.3 is 11.9 Å². The van der Waals surface area contributed by atoms with Crippen LogP contribution in [0.1, 0.15) is 34.6 Å². The molecule has 2 aromatic rings. The molecule has 2 aliphatic rings. The summed E-state index contributed by atoms with van der Waals surface area (Å²) in [7, 11) is 0. The van der Waals surface area contributed by atoms with Crippen LogP contribution in [0.2, 0.25) is 0 Å². The van der Waals surface area contributed by atoms with Crippen molar-refractivity contribution in [3.05, 3.63) is 71.8 Å². The number of fused-ring (bicyclic) bond motifs is 1. The molecule has 2 saturated heterocycles. The monoisotopic (exact) mass is 428 g/mol. The largest absolute Gasteiger partial charge is 0.459 e. The smallest absolute Gasteiger partial charge is 0.338 e. The molecule has 0 aromatic heterocycles. The summed E-state index contributed by atoms with van der Waals surface area (Å²) in [5.74, 6) is -2.09. The van der Waals surface area contributed by atoms with Gasteiger partial charge in [-0.05, 0) is 38.1 Å². The number of carbonyl (C=O) groups excluding carboxylic acids is 2. The first-order valence-electron chi connectivity index (χ1n) is 10.0. The highest BCUT2D eigenvalue weighted by Crippen LogP contribution is 2.40. The Balaban J connectivity index is 1.45. The number of aliphatic hydroxyl groups excluding tert-OH is 1. The molecule has 2 heterocycles. The maximum absolute atomic E-state index is 12.6. The van der Waals surface area contributed by atoms with Crippen LogP contribution in [0.4, 0.5) is 0 Å². The molecular formula is C23H24O8. The molecule has 0 amide bonds. The second kappa shape index (κ2) is 8.76. The van der Waals surface area contributed by atoms with Gasteiger partial charge in [0.25, 0.3) is 0 Å². The number of esters is 2.